The Morgan fingerprint density at radius 2 is 2.26 bits per heavy atom. The molecule has 3 aromatic rings. The summed E-state index contributed by atoms with van der Waals surface area (Å²) in [4.78, 5) is 13.9. The smallest absolute Gasteiger partial charge is 0.233 e. The van der Waals surface area contributed by atoms with Crippen molar-refractivity contribution in [2.45, 2.75) is 49.2 Å². The highest BCUT2D eigenvalue weighted by atomic mass is 32.2. The van der Waals surface area contributed by atoms with Gasteiger partial charge in [-0.05, 0) is 59.2 Å². The van der Waals surface area contributed by atoms with Crippen LogP contribution in [0.1, 0.15) is 41.8 Å². The van der Waals surface area contributed by atoms with E-state index in [9.17, 15) is 4.79 Å². The molecule has 2 aromatic heterocycles. The van der Waals surface area contributed by atoms with Gasteiger partial charge in [0.1, 0.15) is 0 Å². The molecular weight excluding hydrogens is 378 g/mol. The van der Waals surface area contributed by atoms with Gasteiger partial charge in [0.15, 0.2) is 0 Å². The third-order valence-electron chi connectivity index (χ3n) is 4.72. The highest BCUT2D eigenvalue weighted by molar-refractivity contribution is 8.00. The van der Waals surface area contributed by atoms with Crippen molar-refractivity contribution < 1.29 is 4.79 Å². The minimum atomic E-state index is -0.271. The molecule has 0 bridgehead atoms. The fraction of sp³-hybridized carbons (Fsp3) is 0.368. The van der Waals surface area contributed by atoms with Crippen molar-refractivity contribution in [1.29, 1.82) is 0 Å². The minimum absolute atomic E-state index is 0.0207. The summed E-state index contributed by atoms with van der Waals surface area (Å²) in [5.41, 5.74) is 2.59. The Kier molecular flexibility index (Phi) is 5.54. The molecule has 0 unspecified atom stereocenters. The van der Waals surface area contributed by atoms with Crippen molar-refractivity contribution in [1.82, 2.24) is 25.5 Å². The van der Waals surface area contributed by atoms with Crippen LogP contribution in [0.2, 0.25) is 0 Å². The number of aryl methyl sites for hydroxylation is 1. The lowest BCUT2D eigenvalue weighted by atomic mass is 9.88. The molecule has 0 fully saturated rings. The molecule has 6 nitrogen and oxygen atoms in total. The number of benzene rings is 1. The minimum Gasteiger partial charge on any atom is -0.348 e. The number of fused-ring (bicyclic) bond motifs is 1. The van der Waals surface area contributed by atoms with Crippen LogP contribution in [0, 0.1) is 0 Å². The molecule has 0 saturated carbocycles. The van der Waals surface area contributed by atoms with Gasteiger partial charge in [0.2, 0.25) is 11.1 Å². The van der Waals surface area contributed by atoms with Crippen molar-refractivity contribution in [3.8, 4) is 0 Å². The van der Waals surface area contributed by atoms with Crippen LogP contribution < -0.4 is 5.32 Å². The zero-order valence-corrected chi connectivity index (χ0v) is 16.7. The van der Waals surface area contributed by atoms with Gasteiger partial charge in [0.05, 0.1) is 17.8 Å². The quantitative estimate of drug-likeness (QED) is 0.643. The first-order chi connectivity index (χ1) is 13.2. The summed E-state index contributed by atoms with van der Waals surface area (Å²) >= 11 is 3.06. The average Bonchev–Trinajstić information content (AvgIpc) is 3.35. The molecule has 0 spiro atoms. The lowest BCUT2D eigenvalue weighted by Gasteiger charge is -2.27. The predicted octanol–water partition coefficient (Wildman–Crippen LogP) is 3.46. The number of thioether (sulfide) groups is 1. The summed E-state index contributed by atoms with van der Waals surface area (Å²) in [7, 11) is 0. The summed E-state index contributed by atoms with van der Waals surface area (Å²) in [5, 5.41) is 17.6. The second-order valence-electron chi connectivity index (χ2n) is 6.61. The van der Waals surface area contributed by atoms with Crippen LogP contribution in [0.25, 0.3) is 0 Å². The van der Waals surface area contributed by atoms with Gasteiger partial charge in [-0.1, -0.05) is 42.1 Å². The summed E-state index contributed by atoms with van der Waals surface area (Å²) in [5.74, 6) is 0.0207. The van der Waals surface area contributed by atoms with Crippen molar-refractivity contribution in [3.63, 3.8) is 0 Å². The maximum Gasteiger partial charge on any atom is 0.233 e. The SMILES string of the molecule is C[C@@H](Sc1nnnn1Cc1cccs1)C(=O)N[C@H]1CCCc2ccccc21. The Morgan fingerprint density at radius 1 is 1.37 bits per heavy atom. The van der Waals surface area contributed by atoms with Gasteiger partial charge >= 0.3 is 0 Å². The van der Waals surface area contributed by atoms with Gasteiger partial charge in [-0.15, -0.1) is 16.4 Å². The monoisotopic (exact) mass is 399 g/mol. The molecule has 1 aliphatic rings. The number of carbonyl (C=O) groups excluding carboxylic acids is 1. The second kappa shape index (κ2) is 8.22. The molecule has 2 heterocycles. The molecular formula is C19H21N5OS2. The summed E-state index contributed by atoms with van der Waals surface area (Å²) in [6.45, 7) is 2.52. The molecule has 0 radical (unpaired) electrons. The van der Waals surface area contributed by atoms with Crippen LogP contribution in [-0.2, 0) is 17.8 Å². The number of tetrazole rings is 1. The van der Waals surface area contributed by atoms with Crippen LogP contribution in [0.5, 0.6) is 0 Å². The number of thiophene rings is 1. The first kappa shape index (κ1) is 18.2. The van der Waals surface area contributed by atoms with E-state index in [4.69, 9.17) is 0 Å². The van der Waals surface area contributed by atoms with Crippen LogP contribution in [-0.4, -0.2) is 31.4 Å². The molecule has 0 saturated heterocycles. The molecule has 140 valence electrons. The van der Waals surface area contributed by atoms with Crippen molar-refractivity contribution in [2.75, 3.05) is 0 Å². The van der Waals surface area contributed by atoms with Crippen molar-refractivity contribution in [3.05, 3.63) is 57.8 Å². The topological polar surface area (TPSA) is 72.7 Å². The maximum absolute atomic E-state index is 12.8. The van der Waals surface area contributed by atoms with Gasteiger partial charge in [0.25, 0.3) is 0 Å². The number of hydrogen-bond donors (Lipinski definition) is 1. The lowest BCUT2D eigenvalue weighted by Crippen LogP contribution is -2.36. The van der Waals surface area contributed by atoms with Crippen LogP contribution in [0.4, 0.5) is 0 Å². The molecule has 1 aromatic carbocycles. The number of nitrogens with zero attached hydrogens (tertiary/aromatic N) is 4. The Balaban J connectivity index is 1.40. The molecule has 27 heavy (non-hydrogen) atoms. The van der Waals surface area contributed by atoms with E-state index in [0.717, 1.165) is 19.3 Å². The highest BCUT2D eigenvalue weighted by Gasteiger charge is 2.25. The zero-order chi connectivity index (χ0) is 18.6. The standard InChI is InChI=1S/C19H21N5OS2/c1-13(27-19-21-22-23-24(19)12-15-8-5-11-26-15)18(25)20-17-10-4-7-14-6-2-3-9-16(14)17/h2-3,5-6,8-9,11,13,17H,4,7,10,12H2,1H3,(H,20,25)/t13-,17+/m1/s1. The molecule has 0 aliphatic heterocycles. The molecule has 2 atom stereocenters. The second-order valence-corrected chi connectivity index (χ2v) is 8.95. The van der Waals surface area contributed by atoms with E-state index in [1.165, 1.54) is 27.8 Å². The number of carbonyl (C=O) groups is 1. The predicted molar refractivity (Wildman–Crippen MR) is 107 cm³/mol. The van der Waals surface area contributed by atoms with E-state index in [2.05, 4.69) is 45.1 Å². The molecule has 4 rings (SSSR count). The fourth-order valence-electron chi connectivity index (χ4n) is 3.33. The zero-order valence-electron chi connectivity index (χ0n) is 15.0. The van der Waals surface area contributed by atoms with E-state index in [-0.39, 0.29) is 17.2 Å². The summed E-state index contributed by atoms with van der Waals surface area (Å²) < 4.78 is 1.75. The van der Waals surface area contributed by atoms with Crippen LogP contribution in [0.15, 0.2) is 46.9 Å². The number of rotatable bonds is 6. The van der Waals surface area contributed by atoms with Crippen LogP contribution >= 0.6 is 23.1 Å². The van der Waals surface area contributed by atoms with Crippen molar-refractivity contribution in [2.24, 2.45) is 0 Å². The highest BCUT2D eigenvalue weighted by Crippen LogP contribution is 2.30. The lowest BCUT2D eigenvalue weighted by molar-refractivity contribution is -0.121. The Hall–Kier alpha value is -2.19. The number of hydrogen-bond acceptors (Lipinski definition) is 6. The Morgan fingerprint density at radius 3 is 3.11 bits per heavy atom. The largest absolute Gasteiger partial charge is 0.348 e. The van der Waals surface area contributed by atoms with E-state index < -0.39 is 0 Å². The fourth-order valence-corrected chi connectivity index (χ4v) is 4.82. The maximum atomic E-state index is 12.8. The van der Waals surface area contributed by atoms with Gasteiger partial charge in [0, 0.05) is 4.88 Å². The Labute approximate surface area is 166 Å². The van der Waals surface area contributed by atoms with E-state index in [1.807, 2.05) is 24.4 Å². The molecule has 1 aliphatic carbocycles. The van der Waals surface area contributed by atoms with Crippen LogP contribution in [0.3, 0.4) is 0 Å². The van der Waals surface area contributed by atoms with Gasteiger partial charge in [-0.3, -0.25) is 4.79 Å². The third kappa shape index (κ3) is 4.22. The molecule has 1 amide bonds. The van der Waals surface area contributed by atoms with E-state index in [1.54, 1.807) is 16.0 Å². The number of nitrogens with one attached hydrogen (secondary N) is 1. The first-order valence-electron chi connectivity index (χ1n) is 9.04. The van der Waals surface area contributed by atoms with Gasteiger partial charge in [-0.25, -0.2) is 4.68 Å². The first-order valence-corrected chi connectivity index (χ1v) is 10.8. The number of aromatic nitrogens is 4. The van der Waals surface area contributed by atoms with Gasteiger partial charge in [-0.2, -0.15) is 0 Å². The number of amides is 1. The van der Waals surface area contributed by atoms with Crippen molar-refractivity contribution >= 4 is 29.0 Å². The van der Waals surface area contributed by atoms with Gasteiger partial charge < -0.3 is 5.32 Å². The normalized spacial score (nSPS) is 17.3. The summed E-state index contributed by atoms with van der Waals surface area (Å²) in [6, 6.07) is 12.5. The Bertz CT molecular complexity index is 908. The summed E-state index contributed by atoms with van der Waals surface area (Å²) in [6.07, 6.45) is 3.17. The average molecular weight is 400 g/mol. The molecule has 1 N–H and O–H groups in total. The third-order valence-corrected chi connectivity index (χ3v) is 6.65. The van der Waals surface area contributed by atoms with E-state index in [0.29, 0.717) is 11.7 Å². The molecule has 8 heteroatoms. The van der Waals surface area contributed by atoms with E-state index >= 15 is 0 Å².